The number of likely N-dealkylation sites (N-methyl/N-ethyl adjacent to an activating group) is 1. The number of piperidine rings is 1. The summed E-state index contributed by atoms with van der Waals surface area (Å²) in [4.78, 5) is 24.5. The van der Waals surface area contributed by atoms with E-state index in [0.29, 0.717) is 25.8 Å². The second kappa shape index (κ2) is 5.85. The highest BCUT2D eigenvalue weighted by Crippen LogP contribution is 2.13. The zero-order valence-electron chi connectivity index (χ0n) is 9.58. The van der Waals surface area contributed by atoms with Gasteiger partial charge in [0.15, 0.2) is 0 Å². The summed E-state index contributed by atoms with van der Waals surface area (Å²) in [7, 11) is 0. The molecule has 0 spiro atoms. The summed E-state index contributed by atoms with van der Waals surface area (Å²) in [5, 5.41) is 3.27. The molecule has 86 valence electrons. The van der Waals surface area contributed by atoms with E-state index in [1.807, 2.05) is 6.92 Å². The Kier molecular flexibility index (Phi) is 4.75. The number of carbonyl (C=O) groups excluding carboxylic acids is 2. The quantitative estimate of drug-likeness (QED) is 0.689. The van der Waals surface area contributed by atoms with Crippen molar-refractivity contribution in [2.24, 2.45) is 0 Å². The lowest BCUT2D eigenvalue weighted by Crippen LogP contribution is -2.48. The largest absolute Gasteiger partial charge is 0.312 e. The Labute approximate surface area is 91.0 Å². The van der Waals surface area contributed by atoms with Crippen molar-refractivity contribution in [3.8, 4) is 0 Å². The molecule has 1 heterocycles. The van der Waals surface area contributed by atoms with Crippen LogP contribution in [-0.4, -0.2) is 35.8 Å². The van der Waals surface area contributed by atoms with Crippen molar-refractivity contribution < 1.29 is 9.59 Å². The molecule has 1 N–H and O–H groups in total. The molecular formula is C11H20N2O2. The Morgan fingerprint density at radius 2 is 1.87 bits per heavy atom. The van der Waals surface area contributed by atoms with Crippen LogP contribution in [-0.2, 0) is 9.59 Å². The summed E-state index contributed by atoms with van der Waals surface area (Å²) >= 11 is 0. The van der Waals surface area contributed by atoms with E-state index in [1.165, 1.54) is 4.90 Å². The molecule has 4 nitrogen and oxygen atoms in total. The van der Waals surface area contributed by atoms with Crippen molar-refractivity contribution in [3.05, 3.63) is 0 Å². The summed E-state index contributed by atoms with van der Waals surface area (Å²) in [6, 6.07) is 0.237. The molecule has 0 aliphatic carbocycles. The summed E-state index contributed by atoms with van der Waals surface area (Å²) in [5.41, 5.74) is 0. The van der Waals surface area contributed by atoms with E-state index in [0.717, 1.165) is 13.0 Å². The first kappa shape index (κ1) is 12.2. The van der Waals surface area contributed by atoms with Gasteiger partial charge < -0.3 is 5.32 Å². The third-order valence-electron chi connectivity index (χ3n) is 2.77. The van der Waals surface area contributed by atoms with Crippen LogP contribution < -0.4 is 5.32 Å². The molecule has 1 aliphatic rings. The summed E-state index contributed by atoms with van der Waals surface area (Å²) in [6.45, 7) is 5.49. The number of imide groups is 1. The minimum absolute atomic E-state index is 0.0115. The van der Waals surface area contributed by atoms with E-state index in [-0.39, 0.29) is 17.9 Å². The third-order valence-corrected chi connectivity index (χ3v) is 2.77. The van der Waals surface area contributed by atoms with E-state index in [4.69, 9.17) is 0 Å². The second-order valence-corrected chi connectivity index (χ2v) is 3.91. The van der Waals surface area contributed by atoms with E-state index in [1.54, 1.807) is 0 Å². The molecule has 0 radical (unpaired) electrons. The van der Waals surface area contributed by atoms with Crippen LogP contribution in [0.4, 0.5) is 0 Å². The molecule has 2 amide bonds. The van der Waals surface area contributed by atoms with Crippen LogP contribution in [0.15, 0.2) is 0 Å². The van der Waals surface area contributed by atoms with Gasteiger partial charge in [0.25, 0.3) is 0 Å². The van der Waals surface area contributed by atoms with Gasteiger partial charge in [-0.2, -0.15) is 0 Å². The molecule has 1 saturated heterocycles. The fourth-order valence-electron chi connectivity index (χ4n) is 1.85. The molecule has 1 aliphatic heterocycles. The Balaban J connectivity index is 2.52. The Morgan fingerprint density at radius 1 is 1.27 bits per heavy atom. The van der Waals surface area contributed by atoms with E-state index in [2.05, 4.69) is 12.2 Å². The smallest absolute Gasteiger partial charge is 0.229 e. The van der Waals surface area contributed by atoms with Gasteiger partial charge in [-0.05, 0) is 19.4 Å². The highest BCUT2D eigenvalue weighted by molar-refractivity contribution is 5.97. The van der Waals surface area contributed by atoms with Gasteiger partial charge in [-0.25, -0.2) is 0 Å². The minimum Gasteiger partial charge on any atom is -0.312 e. The maximum absolute atomic E-state index is 11.5. The number of nitrogens with zero attached hydrogens (tertiary/aromatic N) is 1. The molecule has 0 aromatic rings. The van der Waals surface area contributed by atoms with Crippen LogP contribution in [0.25, 0.3) is 0 Å². The topological polar surface area (TPSA) is 49.4 Å². The third kappa shape index (κ3) is 3.30. The van der Waals surface area contributed by atoms with Gasteiger partial charge >= 0.3 is 0 Å². The van der Waals surface area contributed by atoms with Crippen molar-refractivity contribution >= 4 is 11.8 Å². The van der Waals surface area contributed by atoms with E-state index >= 15 is 0 Å². The number of amides is 2. The summed E-state index contributed by atoms with van der Waals surface area (Å²) in [5.74, 6) is -0.0230. The lowest BCUT2D eigenvalue weighted by atomic mass is 10.1. The van der Waals surface area contributed by atoms with Crippen LogP contribution in [0.5, 0.6) is 0 Å². The van der Waals surface area contributed by atoms with Gasteiger partial charge in [-0.3, -0.25) is 14.5 Å². The number of nitrogens with one attached hydrogen (secondary N) is 1. The van der Waals surface area contributed by atoms with Gasteiger partial charge in [0.2, 0.25) is 11.8 Å². The van der Waals surface area contributed by atoms with Gasteiger partial charge in [-0.15, -0.1) is 0 Å². The average molecular weight is 212 g/mol. The zero-order chi connectivity index (χ0) is 11.3. The predicted octanol–water partition coefficient (Wildman–Crippen LogP) is 0.914. The molecule has 1 rings (SSSR count). The molecule has 0 aromatic carbocycles. The van der Waals surface area contributed by atoms with Crippen LogP contribution >= 0.6 is 0 Å². The van der Waals surface area contributed by atoms with Crippen LogP contribution in [0.2, 0.25) is 0 Å². The summed E-state index contributed by atoms with van der Waals surface area (Å²) < 4.78 is 0. The first-order valence-electron chi connectivity index (χ1n) is 5.75. The molecule has 15 heavy (non-hydrogen) atoms. The van der Waals surface area contributed by atoms with E-state index < -0.39 is 0 Å². The first-order valence-corrected chi connectivity index (χ1v) is 5.75. The molecule has 4 heteroatoms. The predicted molar refractivity (Wildman–Crippen MR) is 58.3 cm³/mol. The first-order chi connectivity index (χ1) is 7.19. The van der Waals surface area contributed by atoms with Crippen LogP contribution in [0.1, 0.15) is 39.5 Å². The number of hydrogen-bond donors (Lipinski definition) is 1. The van der Waals surface area contributed by atoms with Gasteiger partial charge in [0, 0.05) is 25.4 Å². The monoisotopic (exact) mass is 212 g/mol. The highest BCUT2D eigenvalue weighted by atomic mass is 16.2. The number of hydrogen-bond acceptors (Lipinski definition) is 3. The maximum atomic E-state index is 11.5. The minimum atomic E-state index is -0.0115. The van der Waals surface area contributed by atoms with Gasteiger partial charge in [-0.1, -0.05) is 13.8 Å². The number of rotatable bonds is 5. The lowest BCUT2D eigenvalue weighted by Gasteiger charge is -2.28. The Morgan fingerprint density at radius 3 is 2.33 bits per heavy atom. The van der Waals surface area contributed by atoms with Gasteiger partial charge in [0.1, 0.15) is 0 Å². The fourth-order valence-corrected chi connectivity index (χ4v) is 1.85. The Hall–Kier alpha value is -0.900. The highest BCUT2D eigenvalue weighted by Gasteiger charge is 2.27. The van der Waals surface area contributed by atoms with Crippen molar-refractivity contribution in [1.82, 2.24) is 10.2 Å². The second-order valence-electron chi connectivity index (χ2n) is 3.91. The SMILES string of the molecule is CCNC(CC)CN1C(=O)CCCC1=O. The zero-order valence-corrected chi connectivity index (χ0v) is 9.58. The molecule has 1 unspecified atom stereocenters. The normalized spacial score (nSPS) is 19.5. The standard InChI is InChI=1S/C11H20N2O2/c1-3-9(12-4-2)8-13-10(14)6-5-7-11(13)15/h9,12H,3-8H2,1-2H3. The molecule has 0 aromatic heterocycles. The van der Waals surface area contributed by atoms with Crippen LogP contribution in [0, 0.1) is 0 Å². The maximum Gasteiger partial charge on any atom is 0.229 e. The summed E-state index contributed by atoms with van der Waals surface area (Å²) in [6.07, 6.45) is 2.69. The Bertz CT molecular complexity index is 225. The average Bonchev–Trinajstić information content (AvgIpc) is 2.22. The number of carbonyl (C=O) groups is 2. The lowest BCUT2D eigenvalue weighted by molar-refractivity contribution is -0.148. The van der Waals surface area contributed by atoms with E-state index in [9.17, 15) is 9.59 Å². The fraction of sp³-hybridized carbons (Fsp3) is 0.818. The molecule has 1 atom stereocenters. The number of likely N-dealkylation sites (tertiary alicyclic amines) is 1. The van der Waals surface area contributed by atoms with Crippen molar-refractivity contribution in [2.45, 2.75) is 45.6 Å². The molecule has 0 bridgehead atoms. The molecular weight excluding hydrogens is 192 g/mol. The van der Waals surface area contributed by atoms with Crippen molar-refractivity contribution in [2.75, 3.05) is 13.1 Å². The molecule has 1 fully saturated rings. The van der Waals surface area contributed by atoms with Gasteiger partial charge in [0.05, 0.1) is 0 Å². The van der Waals surface area contributed by atoms with Crippen molar-refractivity contribution in [3.63, 3.8) is 0 Å². The molecule has 0 saturated carbocycles. The van der Waals surface area contributed by atoms with Crippen molar-refractivity contribution in [1.29, 1.82) is 0 Å². The van der Waals surface area contributed by atoms with Crippen LogP contribution in [0.3, 0.4) is 0 Å².